The molecule has 2 rings (SSSR count). The monoisotopic (exact) mass is 374 g/mol. The third kappa shape index (κ3) is 4.56. The Hall–Kier alpha value is -1.42. The Balaban J connectivity index is 2.02. The maximum Gasteiger partial charge on any atom is 0.243 e. The Kier molecular flexibility index (Phi) is 6.02. The van der Waals surface area contributed by atoms with Gasteiger partial charge >= 0.3 is 0 Å². The van der Waals surface area contributed by atoms with Gasteiger partial charge in [0.25, 0.3) is 0 Å². The van der Waals surface area contributed by atoms with Crippen molar-refractivity contribution in [3.8, 4) is 5.75 Å². The molecule has 1 aliphatic heterocycles. The van der Waals surface area contributed by atoms with Crippen LogP contribution in [-0.2, 0) is 20.0 Å². The normalized spacial score (nSPS) is 19.3. The summed E-state index contributed by atoms with van der Waals surface area (Å²) >= 11 is 0. The van der Waals surface area contributed by atoms with E-state index >= 15 is 0 Å². The van der Waals surface area contributed by atoms with Crippen LogP contribution in [0.3, 0.4) is 0 Å². The summed E-state index contributed by atoms with van der Waals surface area (Å²) in [6.07, 6.45) is 0.607. The number of nitrogens with one attached hydrogen (secondary N) is 1. The summed E-state index contributed by atoms with van der Waals surface area (Å²) in [4.78, 5) is 0.207. The first-order valence-electron chi connectivity index (χ1n) is 7.63. The lowest BCUT2D eigenvalue weighted by Gasteiger charge is -2.17. The van der Waals surface area contributed by atoms with Gasteiger partial charge in [-0.05, 0) is 43.5 Å². The molecule has 0 amide bonds. The van der Waals surface area contributed by atoms with Crippen LogP contribution in [0.15, 0.2) is 41.1 Å². The molecule has 0 spiro atoms. The van der Waals surface area contributed by atoms with Gasteiger partial charge in [-0.25, -0.2) is 21.6 Å². The van der Waals surface area contributed by atoms with Gasteiger partial charge in [-0.1, -0.05) is 6.58 Å². The molecule has 9 heteroatoms. The van der Waals surface area contributed by atoms with Crippen molar-refractivity contribution in [2.75, 3.05) is 26.2 Å². The van der Waals surface area contributed by atoms with Gasteiger partial charge < -0.3 is 4.74 Å². The lowest BCUT2D eigenvalue weighted by atomic mass is 10.1. The van der Waals surface area contributed by atoms with Crippen LogP contribution >= 0.6 is 0 Å². The molecule has 24 heavy (non-hydrogen) atoms. The number of nitrogens with zero attached hydrogens (tertiary/aromatic N) is 1. The van der Waals surface area contributed by atoms with Gasteiger partial charge in [0.2, 0.25) is 20.0 Å². The predicted octanol–water partition coefficient (Wildman–Crippen LogP) is 1.16. The first kappa shape index (κ1) is 18.9. The van der Waals surface area contributed by atoms with E-state index in [4.69, 9.17) is 4.74 Å². The largest absolute Gasteiger partial charge is 0.494 e. The quantitative estimate of drug-likeness (QED) is 0.737. The van der Waals surface area contributed by atoms with E-state index in [1.165, 1.54) is 16.4 Å². The zero-order valence-electron chi connectivity index (χ0n) is 13.5. The highest BCUT2D eigenvalue weighted by atomic mass is 32.2. The summed E-state index contributed by atoms with van der Waals surface area (Å²) in [5.41, 5.74) is 0. The minimum atomic E-state index is -3.58. The minimum absolute atomic E-state index is 0.0582. The lowest BCUT2D eigenvalue weighted by Crippen LogP contribution is -2.32. The van der Waals surface area contributed by atoms with Gasteiger partial charge in [0.05, 0.1) is 11.5 Å². The SMILES string of the molecule is C=CS(=O)(=O)NCC1CCN(S(=O)(=O)c2ccc(OCC)cc2)C1. The molecule has 1 N–H and O–H groups in total. The van der Waals surface area contributed by atoms with Crippen LogP contribution in [0.5, 0.6) is 5.75 Å². The van der Waals surface area contributed by atoms with Gasteiger partial charge in [0.15, 0.2) is 0 Å². The highest BCUT2D eigenvalue weighted by Gasteiger charge is 2.32. The van der Waals surface area contributed by atoms with E-state index in [-0.39, 0.29) is 23.9 Å². The fraction of sp³-hybridized carbons (Fsp3) is 0.467. The number of sulfonamides is 2. The summed E-state index contributed by atoms with van der Waals surface area (Å²) in [5, 5.41) is 0.844. The summed E-state index contributed by atoms with van der Waals surface area (Å²) in [6, 6.07) is 6.30. The van der Waals surface area contributed by atoms with Crippen LogP contribution in [0.2, 0.25) is 0 Å². The molecule has 1 saturated heterocycles. The highest BCUT2D eigenvalue weighted by Crippen LogP contribution is 2.25. The number of ether oxygens (including phenoxy) is 1. The third-order valence-electron chi connectivity index (χ3n) is 3.81. The van der Waals surface area contributed by atoms with Gasteiger partial charge in [-0.3, -0.25) is 0 Å². The Labute approximate surface area is 143 Å². The fourth-order valence-electron chi connectivity index (χ4n) is 2.50. The van der Waals surface area contributed by atoms with E-state index in [1.807, 2.05) is 6.92 Å². The van der Waals surface area contributed by atoms with E-state index < -0.39 is 20.0 Å². The van der Waals surface area contributed by atoms with Crippen molar-refractivity contribution in [1.82, 2.24) is 9.03 Å². The molecule has 7 nitrogen and oxygen atoms in total. The van der Waals surface area contributed by atoms with Crippen molar-refractivity contribution in [3.63, 3.8) is 0 Å². The van der Waals surface area contributed by atoms with Gasteiger partial charge in [-0.2, -0.15) is 4.31 Å². The second-order valence-corrected chi connectivity index (χ2v) is 9.13. The van der Waals surface area contributed by atoms with Gasteiger partial charge in [-0.15, -0.1) is 0 Å². The topological polar surface area (TPSA) is 92.8 Å². The number of hydrogen-bond donors (Lipinski definition) is 1. The molecule has 1 heterocycles. The van der Waals surface area contributed by atoms with Crippen LogP contribution in [-0.4, -0.2) is 47.4 Å². The maximum atomic E-state index is 12.6. The number of rotatable bonds is 8. The van der Waals surface area contributed by atoms with Crippen LogP contribution in [0.25, 0.3) is 0 Å². The van der Waals surface area contributed by atoms with Crippen molar-refractivity contribution < 1.29 is 21.6 Å². The molecule has 134 valence electrons. The van der Waals surface area contributed by atoms with Crippen LogP contribution < -0.4 is 9.46 Å². The molecule has 1 unspecified atom stereocenters. The minimum Gasteiger partial charge on any atom is -0.494 e. The Morgan fingerprint density at radius 1 is 1.29 bits per heavy atom. The Morgan fingerprint density at radius 2 is 1.96 bits per heavy atom. The molecule has 1 aromatic carbocycles. The molecule has 1 aromatic rings. The van der Waals surface area contributed by atoms with Gasteiger partial charge in [0, 0.05) is 25.0 Å². The zero-order valence-corrected chi connectivity index (χ0v) is 15.1. The molecule has 0 aromatic heterocycles. The Bertz CT molecular complexity index is 773. The average molecular weight is 374 g/mol. The molecule has 0 bridgehead atoms. The average Bonchev–Trinajstić information content (AvgIpc) is 3.04. The third-order valence-corrected chi connectivity index (χ3v) is 6.70. The van der Waals surface area contributed by atoms with Crippen LogP contribution in [0.1, 0.15) is 13.3 Å². The highest BCUT2D eigenvalue weighted by molar-refractivity contribution is 7.92. The van der Waals surface area contributed by atoms with E-state index in [1.54, 1.807) is 12.1 Å². The van der Waals surface area contributed by atoms with Crippen LogP contribution in [0, 0.1) is 5.92 Å². The molecular formula is C15H22N2O5S2. The first-order chi connectivity index (χ1) is 11.3. The molecule has 1 aliphatic rings. The summed E-state index contributed by atoms with van der Waals surface area (Å²) < 4.78 is 57.1. The van der Waals surface area contributed by atoms with Crippen molar-refractivity contribution >= 4 is 20.0 Å². The first-order valence-corrected chi connectivity index (χ1v) is 10.6. The van der Waals surface area contributed by atoms with Crippen molar-refractivity contribution in [2.24, 2.45) is 5.92 Å². The summed E-state index contributed by atoms with van der Waals surface area (Å²) in [7, 11) is -7.07. The van der Waals surface area contributed by atoms with Crippen molar-refractivity contribution in [1.29, 1.82) is 0 Å². The molecule has 0 saturated carbocycles. The second-order valence-electron chi connectivity index (χ2n) is 5.48. The molecule has 0 aliphatic carbocycles. The maximum absolute atomic E-state index is 12.6. The smallest absolute Gasteiger partial charge is 0.243 e. The Morgan fingerprint density at radius 3 is 2.54 bits per heavy atom. The number of benzene rings is 1. The predicted molar refractivity (Wildman–Crippen MR) is 91.6 cm³/mol. The number of hydrogen-bond acceptors (Lipinski definition) is 5. The van der Waals surface area contributed by atoms with E-state index in [0.29, 0.717) is 25.3 Å². The standard InChI is InChI=1S/C15H22N2O5S2/c1-3-22-14-5-7-15(8-6-14)24(20,21)17-10-9-13(12-17)11-16-23(18,19)4-2/h4-8,13,16H,2-3,9-12H2,1H3. The van der Waals surface area contributed by atoms with E-state index in [2.05, 4.69) is 11.3 Å². The van der Waals surface area contributed by atoms with E-state index in [9.17, 15) is 16.8 Å². The van der Waals surface area contributed by atoms with Crippen LogP contribution in [0.4, 0.5) is 0 Å². The van der Waals surface area contributed by atoms with Crippen molar-refractivity contribution in [3.05, 3.63) is 36.3 Å². The molecule has 0 radical (unpaired) electrons. The zero-order chi connectivity index (χ0) is 17.8. The molecule has 1 atom stereocenters. The fourth-order valence-corrected chi connectivity index (χ4v) is 4.62. The van der Waals surface area contributed by atoms with Gasteiger partial charge in [0.1, 0.15) is 5.75 Å². The molecule has 1 fully saturated rings. The van der Waals surface area contributed by atoms with E-state index in [0.717, 1.165) is 5.41 Å². The molecular weight excluding hydrogens is 352 g/mol. The summed E-state index contributed by atoms with van der Waals surface area (Å²) in [6.45, 7) is 6.45. The second kappa shape index (κ2) is 7.64. The van der Waals surface area contributed by atoms with Crippen molar-refractivity contribution in [2.45, 2.75) is 18.2 Å². The summed E-state index contributed by atoms with van der Waals surface area (Å²) in [5.74, 6) is 0.562. The lowest BCUT2D eigenvalue weighted by molar-refractivity contribution is 0.340.